The van der Waals surface area contributed by atoms with Crippen LogP contribution in [0.5, 0.6) is 17.2 Å². The van der Waals surface area contributed by atoms with Crippen molar-refractivity contribution >= 4 is 23.2 Å². The molecule has 37 heavy (non-hydrogen) atoms. The number of rotatable bonds is 6. The van der Waals surface area contributed by atoms with E-state index in [1.54, 1.807) is 30.3 Å². The molecule has 7 nitrogen and oxygen atoms in total. The Morgan fingerprint density at radius 1 is 0.973 bits per heavy atom. The van der Waals surface area contributed by atoms with Gasteiger partial charge in [0.25, 0.3) is 0 Å². The average Bonchev–Trinajstić information content (AvgIpc) is 3.51. The highest BCUT2D eigenvalue weighted by Crippen LogP contribution is 2.51. The summed E-state index contributed by atoms with van der Waals surface area (Å²) in [7, 11) is 0. The SMILES string of the molecule is CC(=O)Nc1ccc(-c2cc(NC(=O)C3(c4ccc5c(c4)OCO5)CC3)ccc2C)cc1OC(F)(F)F.[HH]. The zero-order valence-corrected chi connectivity index (χ0v) is 20.0. The van der Waals surface area contributed by atoms with E-state index in [-0.39, 0.29) is 19.8 Å². The molecule has 3 aromatic rings. The van der Waals surface area contributed by atoms with Gasteiger partial charge in [-0.1, -0.05) is 18.2 Å². The second-order valence-electron chi connectivity index (χ2n) is 9.07. The zero-order chi connectivity index (χ0) is 26.4. The van der Waals surface area contributed by atoms with Gasteiger partial charge in [0, 0.05) is 14.0 Å². The quantitative estimate of drug-likeness (QED) is 0.411. The van der Waals surface area contributed by atoms with Crippen molar-refractivity contribution in [1.29, 1.82) is 0 Å². The van der Waals surface area contributed by atoms with Gasteiger partial charge in [-0.3, -0.25) is 9.59 Å². The van der Waals surface area contributed by atoms with Crippen LogP contribution in [0.2, 0.25) is 0 Å². The molecule has 1 fully saturated rings. The van der Waals surface area contributed by atoms with Crippen LogP contribution in [0.4, 0.5) is 24.5 Å². The van der Waals surface area contributed by atoms with Crippen molar-refractivity contribution in [3.8, 4) is 28.4 Å². The fourth-order valence-electron chi connectivity index (χ4n) is 4.42. The third-order valence-corrected chi connectivity index (χ3v) is 6.43. The average molecular weight is 515 g/mol. The Morgan fingerprint density at radius 2 is 1.73 bits per heavy atom. The number of halogens is 3. The van der Waals surface area contributed by atoms with Crippen LogP contribution in [0.1, 0.15) is 32.3 Å². The van der Waals surface area contributed by atoms with E-state index >= 15 is 0 Å². The lowest BCUT2D eigenvalue weighted by Gasteiger charge is -2.18. The number of amides is 2. The lowest BCUT2D eigenvalue weighted by molar-refractivity contribution is -0.274. The largest absolute Gasteiger partial charge is 0.573 e. The number of hydrogen-bond donors (Lipinski definition) is 2. The molecule has 194 valence electrons. The minimum absolute atomic E-state index is 0. The van der Waals surface area contributed by atoms with Gasteiger partial charge >= 0.3 is 6.36 Å². The summed E-state index contributed by atoms with van der Waals surface area (Å²) >= 11 is 0. The molecule has 10 heteroatoms. The third kappa shape index (κ3) is 5.04. The van der Waals surface area contributed by atoms with Gasteiger partial charge < -0.3 is 24.8 Å². The number of ether oxygens (including phenoxy) is 3. The normalized spacial score (nSPS) is 15.2. The first-order valence-corrected chi connectivity index (χ1v) is 11.5. The highest BCUT2D eigenvalue weighted by molar-refractivity contribution is 6.02. The Labute approximate surface area is 212 Å². The summed E-state index contributed by atoms with van der Waals surface area (Å²) in [5, 5.41) is 5.30. The summed E-state index contributed by atoms with van der Waals surface area (Å²) in [5.74, 6) is 0.00416. The molecule has 1 aliphatic heterocycles. The molecule has 0 radical (unpaired) electrons. The van der Waals surface area contributed by atoms with E-state index in [1.807, 2.05) is 19.1 Å². The summed E-state index contributed by atoms with van der Waals surface area (Å²) in [4.78, 5) is 24.7. The number of carbonyl (C=O) groups is 2. The van der Waals surface area contributed by atoms with E-state index in [9.17, 15) is 22.8 Å². The maximum atomic E-state index is 13.3. The van der Waals surface area contributed by atoms with Crippen LogP contribution in [-0.4, -0.2) is 25.0 Å². The molecule has 5 rings (SSSR count). The molecule has 1 heterocycles. The molecule has 0 bridgehead atoms. The first-order valence-electron chi connectivity index (χ1n) is 11.5. The highest BCUT2D eigenvalue weighted by atomic mass is 19.4. The van der Waals surface area contributed by atoms with Crippen LogP contribution in [0.25, 0.3) is 11.1 Å². The molecule has 0 atom stereocenters. The van der Waals surface area contributed by atoms with E-state index in [4.69, 9.17) is 9.47 Å². The van der Waals surface area contributed by atoms with E-state index in [0.29, 0.717) is 41.2 Å². The molecule has 2 N–H and O–H groups in total. The topological polar surface area (TPSA) is 85.9 Å². The molecule has 2 amide bonds. The second kappa shape index (κ2) is 9.02. The van der Waals surface area contributed by atoms with Crippen molar-refractivity contribution < 1.29 is 38.4 Å². The fourth-order valence-corrected chi connectivity index (χ4v) is 4.42. The van der Waals surface area contributed by atoms with Gasteiger partial charge in [0.15, 0.2) is 17.2 Å². The number of aryl methyl sites for hydroxylation is 1. The Morgan fingerprint density at radius 3 is 2.43 bits per heavy atom. The molecule has 1 saturated carbocycles. The molecule has 0 unspecified atom stereocenters. The van der Waals surface area contributed by atoms with Gasteiger partial charge in [0.2, 0.25) is 18.6 Å². The van der Waals surface area contributed by atoms with Gasteiger partial charge in [-0.05, 0) is 78.4 Å². The lowest BCUT2D eigenvalue weighted by atomic mass is 9.94. The fraction of sp³-hybridized carbons (Fsp3) is 0.259. The summed E-state index contributed by atoms with van der Waals surface area (Å²) in [6.07, 6.45) is -3.58. The Balaban J connectivity index is 0.00000336. The number of alkyl halides is 3. The van der Waals surface area contributed by atoms with Crippen LogP contribution in [0.3, 0.4) is 0 Å². The number of hydrogen-bond acceptors (Lipinski definition) is 5. The van der Waals surface area contributed by atoms with Crippen LogP contribution in [0.15, 0.2) is 54.6 Å². The van der Waals surface area contributed by atoms with Crippen molar-refractivity contribution in [2.24, 2.45) is 0 Å². The molecule has 1 aliphatic carbocycles. The standard InChI is InChI=1S/C27H23F3N2O5.H2/c1-15-3-6-19(32-25(34)26(9-10-26)18-5-8-22-24(12-18)36-14-35-22)13-20(15)17-4-7-21(31-16(2)33)23(11-17)37-27(28,29)30;/h3-8,11-13H,9-10,14H2,1-2H3,(H,31,33)(H,32,34);1H. The van der Waals surface area contributed by atoms with Crippen LogP contribution >= 0.6 is 0 Å². The Hall–Kier alpha value is -4.21. The summed E-state index contributed by atoms with van der Waals surface area (Å²) in [5.41, 5.74) is 2.37. The molecule has 0 saturated heterocycles. The van der Waals surface area contributed by atoms with E-state index < -0.39 is 23.4 Å². The number of benzene rings is 3. The second-order valence-corrected chi connectivity index (χ2v) is 9.07. The minimum Gasteiger partial charge on any atom is -0.454 e. The highest BCUT2D eigenvalue weighted by Gasteiger charge is 2.51. The smallest absolute Gasteiger partial charge is 0.454 e. The van der Waals surface area contributed by atoms with Gasteiger partial charge in [0.05, 0.1) is 11.1 Å². The van der Waals surface area contributed by atoms with Crippen LogP contribution in [0, 0.1) is 6.92 Å². The number of fused-ring (bicyclic) bond motifs is 1. The maximum Gasteiger partial charge on any atom is 0.573 e. The van der Waals surface area contributed by atoms with E-state index in [0.717, 1.165) is 11.1 Å². The van der Waals surface area contributed by atoms with Crippen molar-refractivity contribution in [1.82, 2.24) is 0 Å². The number of anilines is 2. The van der Waals surface area contributed by atoms with Crippen molar-refractivity contribution in [2.75, 3.05) is 17.4 Å². The summed E-state index contributed by atoms with van der Waals surface area (Å²) in [6, 6.07) is 14.8. The van der Waals surface area contributed by atoms with Gasteiger partial charge in [-0.15, -0.1) is 13.2 Å². The first kappa shape index (κ1) is 24.5. The predicted octanol–water partition coefficient (Wildman–Crippen LogP) is 6.16. The van der Waals surface area contributed by atoms with Gasteiger partial charge in [-0.25, -0.2) is 0 Å². The zero-order valence-electron chi connectivity index (χ0n) is 20.0. The molecule has 3 aromatic carbocycles. The monoisotopic (exact) mass is 514 g/mol. The first-order chi connectivity index (χ1) is 17.5. The van der Waals surface area contributed by atoms with Crippen molar-refractivity contribution in [2.45, 2.75) is 38.5 Å². The van der Waals surface area contributed by atoms with Gasteiger partial charge in [-0.2, -0.15) is 0 Å². The van der Waals surface area contributed by atoms with Crippen LogP contribution in [-0.2, 0) is 15.0 Å². The Kier molecular flexibility index (Phi) is 5.97. The molecular formula is C27H25F3N2O5. The van der Waals surface area contributed by atoms with Crippen molar-refractivity contribution in [3.05, 3.63) is 65.7 Å². The van der Waals surface area contributed by atoms with E-state index in [2.05, 4.69) is 15.4 Å². The van der Waals surface area contributed by atoms with Crippen LogP contribution < -0.4 is 24.8 Å². The summed E-state index contributed by atoms with van der Waals surface area (Å²) < 4.78 is 54.0. The molecule has 0 spiro atoms. The summed E-state index contributed by atoms with van der Waals surface area (Å²) in [6.45, 7) is 3.14. The van der Waals surface area contributed by atoms with Gasteiger partial charge in [0.1, 0.15) is 0 Å². The predicted molar refractivity (Wildman–Crippen MR) is 132 cm³/mol. The van der Waals surface area contributed by atoms with E-state index in [1.165, 1.54) is 19.1 Å². The number of carbonyl (C=O) groups excluding carboxylic acids is 2. The van der Waals surface area contributed by atoms with Crippen molar-refractivity contribution in [3.63, 3.8) is 0 Å². The molecule has 0 aromatic heterocycles. The molecule has 2 aliphatic rings. The third-order valence-electron chi connectivity index (χ3n) is 6.43. The number of nitrogens with one attached hydrogen (secondary N) is 2. The molecular weight excluding hydrogens is 489 g/mol. The maximum absolute atomic E-state index is 13.3. The lowest BCUT2D eigenvalue weighted by Crippen LogP contribution is -2.27. The minimum atomic E-state index is -4.94. The Bertz CT molecular complexity index is 1410.